The number of ether oxygens (including phenoxy) is 1. The zero-order valence-corrected chi connectivity index (χ0v) is 12.1. The lowest BCUT2D eigenvalue weighted by Crippen LogP contribution is -2.34. The van der Waals surface area contributed by atoms with Gasteiger partial charge < -0.3 is 10.5 Å². The van der Waals surface area contributed by atoms with Gasteiger partial charge in [0, 0.05) is 16.1 Å². The molecule has 0 saturated heterocycles. The normalized spacial score (nSPS) is 12.0. The monoisotopic (exact) mass is 255 g/mol. The van der Waals surface area contributed by atoms with E-state index in [4.69, 9.17) is 22.1 Å². The van der Waals surface area contributed by atoms with Gasteiger partial charge >= 0.3 is 0 Å². The van der Waals surface area contributed by atoms with Crippen LogP contribution >= 0.6 is 11.6 Å². The minimum absolute atomic E-state index is 0.242. The molecule has 1 aromatic rings. The van der Waals surface area contributed by atoms with Gasteiger partial charge in [0.15, 0.2) is 0 Å². The predicted molar refractivity (Wildman–Crippen MR) is 74.1 cm³/mol. The number of benzene rings is 1. The molecule has 3 heteroatoms. The molecule has 0 heterocycles. The largest absolute Gasteiger partial charge is 0.496 e. The molecule has 0 spiro atoms. The summed E-state index contributed by atoms with van der Waals surface area (Å²) in [6.07, 6.45) is 0.779. The average Bonchev–Trinajstić information content (AvgIpc) is 2.12. The number of rotatable bonds is 4. The quantitative estimate of drug-likeness (QED) is 0.889. The minimum atomic E-state index is -0.242. The molecule has 0 aliphatic rings. The summed E-state index contributed by atoms with van der Waals surface area (Å²) in [4.78, 5) is 0. The molecule has 0 aliphatic heterocycles. The van der Waals surface area contributed by atoms with Crippen molar-refractivity contribution < 1.29 is 4.74 Å². The third-order valence-corrected chi connectivity index (χ3v) is 2.92. The van der Waals surface area contributed by atoms with Crippen molar-refractivity contribution in [2.45, 2.75) is 45.6 Å². The van der Waals surface area contributed by atoms with Crippen molar-refractivity contribution in [3.63, 3.8) is 0 Å². The van der Waals surface area contributed by atoms with Gasteiger partial charge in [-0.15, -0.1) is 0 Å². The van der Waals surface area contributed by atoms with Gasteiger partial charge in [0.2, 0.25) is 0 Å². The number of halogens is 1. The molecule has 0 radical (unpaired) electrons. The van der Waals surface area contributed by atoms with E-state index in [1.165, 1.54) is 0 Å². The fourth-order valence-corrected chi connectivity index (χ4v) is 2.45. The van der Waals surface area contributed by atoms with Crippen molar-refractivity contribution in [1.82, 2.24) is 0 Å². The average molecular weight is 256 g/mol. The van der Waals surface area contributed by atoms with E-state index < -0.39 is 0 Å². The minimum Gasteiger partial charge on any atom is -0.496 e. The Morgan fingerprint density at radius 1 is 1.35 bits per heavy atom. The van der Waals surface area contributed by atoms with E-state index in [2.05, 4.69) is 13.8 Å². The first-order valence-electron chi connectivity index (χ1n) is 5.90. The maximum absolute atomic E-state index is 6.32. The summed E-state index contributed by atoms with van der Waals surface area (Å²) in [6, 6.07) is 4.03. The summed E-state index contributed by atoms with van der Waals surface area (Å²) in [5.41, 5.74) is 7.96. The summed E-state index contributed by atoms with van der Waals surface area (Å²) in [5, 5.41) is 0.763. The molecule has 0 atom stereocenters. The molecule has 17 heavy (non-hydrogen) atoms. The molecule has 2 N–H and O–H groups in total. The number of hydrogen-bond donors (Lipinski definition) is 1. The molecule has 0 aromatic heterocycles. The maximum atomic E-state index is 6.32. The predicted octanol–water partition coefficient (Wildman–Crippen LogP) is 3.75. The topological polar surface area (TPSA) is 35.2 Å². The fourth-order valence-electron chi connectivity index (χ4n) is 2.00. The number of nitrogens with two attached hydrogens (primary N) is 1. The van der Waals surface area contributed by atoms with Crippen LogP contribution in [0.15, 0.2) is 12.1 Å². The first-order valence-corrected chi connectivity index (χ1v) is 6.27. The lowest BCUT2D eigenvalue weighted by Gasteiger charge is -2.21. The Morgan fingerprint density at radius 2 is 1.94 bits per heavy atom. The molecular formula is C14H22ClNO. The zero-order valence-electron chi connectivity index (χ0n) is 11.3. The third-order valence-electron chi connectivity index (χ3n) is 2.61. The standard InChI is InChI=1S/C14H22ClNO/c1-9(2)13-11(15)6-10(7-12(13)17-5)8-14(3,4)16/h6-7,9H,8,16H2,1-5H3. The third kappa shape index (κ3) is 3.90. The van der Waals surface area contributed by atoms with Gasteiger partial charge in [0.1, 0.15) is 5.75 Å². The van der Waals surface area contributed by atoms with Crippen LogP contribution in [0.25, 0.3) is 0 Å². The first-order chi connectivity index (χ1) is 7.74. The second kappa shape index (κ2) is 5.28. The highest BCUT2D eigenvalue weighted by Crippen LogP contribution is 2.35. The van der Waals surface area contributed by atoms with Crippen LogP contribution in [0.4, 0.5) is 0 Å². The number of hydrogen-bond acceptors (Lipinski definition) is 2. The molecule has 0 saturated carbocycles. The summed E-state index contributed by atoms with van der Waals surface area (Å²) >= 11 is 6.32. The Hall–Kier alpha value is -0.730. The van der Waals surface area contributed by atoms with Crippen molar-refractivity contribution in [3.05, 3.63) is 28.3 Å². The van der Waals surface area contributed by atoms with Crippen LogP contribution in [-0.4, -0.2) is 12.6 Å². The first kappa shape index (κ1) is 14.3. The van der Waals surface area contributed by atoms with Crippen LogP contribution in [-0.2, 0) is 6.42 Å². The Morgan fingerprint density at radius 3 is 2.35 bits per heavy atom. The molecule has 0 aliphatic carbocycles. The van der Waals surface area contributed by atoms with Gasteiger partial charge in [-0.1, -0.05) is 25.4 Å². The molecule has 2 nitrogen and oxygen atoms in total. The van der Waals surface area contributed by atoms with E-state index in [0.29, 0.717) is 5.92 Å². The van der Waals surface area contributed by atoms with Gasteiger partial charge in [0.25, 0.3) is 0 Å². The highest BCUT2D eigenvalue weighted by Gasteiger charge is 2.17. The van der Waals surface area contributed by atoms with Gasteiger partial charge in [-0.05, 0) is 43.9 Å². The Balaban J connectivity index is 3.18. The van der Waals surface area contributed by atoms with Crippen molar-refractivity contribution >= 4 is 11.6 Å². The molecule has 0 amide bonds. The number of methoxy groups -OCH3 is 1. The molecule has 0 bridgehead atoms. The Labute approximate surface area is 109 Å². The van der Waals surface area contributed by atoms with Crippen LogP contribution in [0.2, 0.25) is 5.02 Å². The second-order valence-corrected chi connectivity index (χ2v) is 5.92. The van der Waals surface area contributed by atoms with Crippen LogP contribution in [0.3, 0.4) is 0 Å². The maximum Gasteiger partial charge on any atom is 0.124 e. The van der Waals surface area contributed by atoms with Crippen molar-refractivity contribution in [2.24, 2.45) is 5.73 Å². The Kier molecular flexibility index (Phi) is 4.45. The summed E-state index contributed by atoms with van der Waals surface area (Å²) in [6.45, 7) is 8.22. The molecular weight excluding hydrogens is 234 g/mol. The molecule has 1 rings (SSSR count). The molecule has 0 fully saturated rings. The van der Waals surface area contributed by atoms with Crippen LogP contribution < -0.4 is 10.5 Å². The van der Waals surface area contributed by atoms with Crippen molar-refractivity contribution in [2.75, 3.05) is 7.11 Å². The zero-order chi connectivity index (χ0) is 13.2. The van der Waals surface area contributed by atoms with E-state index in [1.54, 1.807) is 7.11 Å². The van der Waals surface area contributed by atoms with Gasteiger partial charge in [0.05, 0.1) is 7.11 Å². The smallest absolute Gasteiger partial charge is 0.124 e. The lowest BCUT2D eigenvalue weighted by atomic mass is 9.93. The molecule has 0 unspecified atom stereocenters. The van der Waals surface area contributed by atoms with Gasteiger partial charge in [-0.25, -0.2) is 0 Å². The highest BCUT2D eigenvalue weighted by atomic mass is 35.5. The SMILES string of the molecule is COc1cc(CC(C)(C)N)cc(Cl)c1C(C)C. The van der Waals surface area contributed by atoms with Gasteiger partial charge in [-0.3, -0.25) is 0 Å². The fraction of sp³-hybridized carbons (Fsp3) is 0.571. The summed E-state index contributed by atoms with van der Waals surface area (Å²) < 4.78 is 5.42. The summed E-state index contributed by atoms with van der Waals surface area (Å²) in [5.74, 6) is 1.20. The van der Waals surface area contributed by atoms with Crippen LogP contribution in [0, 0.1) is 0 Å². The van der Waals surface area contributed by atoms with E-state index in [1.807, 2.05) is 26.0 Å². The molecule has 1 aromatic carbocycles. The van der Waals surface area contributed by atoms with E-state index in [-0.39, 0.29) is 5.54 Å². The lowest BCUT2D eigenvalue weighted by molar-refractivity contribution is 0.406. The Bertz CT molecular complexity index is 394. The highest BCUT2D eigenvalue weighted by molar-refractivity contribution is 6.31. The summed E-state index contributed by atoms with van der Waals surface area (Å²) in [7, 11) is 1.68. The van der Waals surface area contributed by atoms with Gasteiger partial charge in [-0.2, -0.15) is 0 Å². The van der Waals surface area contributed by atoms with Crippen molar-refractivity contribution in [1.29, 1.82) is 0 Å². The second-order valence-electron chi connectivity index (χ2n) is 5.51. The van der Waals surface area contributed by atoms with Crippen LogP contribution in [0.5, 0.6) is 5.75 Å². The van der Waals surface area contributed by atoms with Crippen LogP contribution in [0.1, 0.15) is 44.7 Å². The van der Waals surface area contributed by atoms with E-state index in [0.717, 1.165) is 28.3 Å². The van der Waals surface area contributed by atoms with E-state index >= 15 is 0 Å². The van der Waals surface area contributed by atoms with E-state index in [9.17, 15) is 0 Å². The van der Waals surface area contributed by atoms with Crippen molar-refractivity contribution in [3.8, 4) is 5.75 Å². The molecule has 96 valence electrons.